The number of carbonyl (C=O) groups is 2. The number of terminal acetylenes is 1. The van der Waals surface area contributed by atoms with E-state index in [4.69, 9.17) is 20.6 Å². The lowest BCUT2D eigenvalue weighted by atomic mass is 10.0. The van der Waals surface area contributed by atoms with Gasteiger partial charge in [0.25, 0.3) is 0 Å². The number of esters is 1. The highest BCUT2D eigenvalue weighted by atomic mass is 16.6. The third-order valence-corrected chi connectivity index (χ3v) is 4.03. The first-order valence-electron chi connectivity index (χ1n) is 8.85. The van der Waals surface area contributed by atoms with Crippen molar-refractivity contribution in [1.29, 1.82) is 0 Å². The molecule has 0 aliphatic carbocycles. The van der Waals surface area contributed by atoms with Crippen molar-refractivity contribution in [3.63, 3.8) is 0 Å². The molecule has 0 aliphatic rings. The molecule has 0 saturated heterocycles. The molecule has 0 bridgehead atoms. The minimum Gasteiger partial charge on any atom is -0.497 e. The molecule has 0 fully saturated rings. The van der Waals surface area contributed by atoms with Gasteiger partial charge in [0.2, 0.25) is 0 Å². The van der Waals surface area contributed by atoms with Crippen LogP contribution in [0.15, 0.2) is 24.4 Å². The first kappa shape index (κ1) is 21.2. The Morgan fingerprint density at radius 3 is 2.57 bits per heavy atom. The molecule has 1 aromatic heterocycles. The van der Waals surface area contributed by atoms with E-state index in [0.29, 0.717) is 12.3 Å². The molecule has 0 unspecified atom stereocenters. The van der Waals surface area contributed by atoms with Gasteiger partial charge in [-0.2, -0.15) is 0 Å². The predicted octanol–water partition coefficient (Wildman–Crippen LogP) is 2.89. The SMILES string of the molecule is C#CCn1cc(C[C@H](NC(=O)OC(C)(C)C)C(=O)OC)c2cc(OC)ccc21. The van der Waals surface area contributed by atoms with E-state index in [1.165, 1.54) is 7.11 Å². The van der Waals surface area contributed by atoms with E-state index >= 15 is 0 Å². The zero-order chi connectivity index (χ0) is 20.9. The maximum atomic E-state index is 12.3. The van der Waals surface area contributed by atoms with Crippen LogP contribution < -0.4 is 10.1 Å². The second-order valence-electron chi connectivity index (χ2n) is 7.30. The van der Waals surface area contributed by atoms with E-state index in [0.717, 1.165) is 16.5 Å². The lowest BCUT2D eigenvalue weighted by molar-refractivity contribution is -0.143. The van der Waals surface area contributed by atoms with Crippen LogP contribution in [0.5, 0.6) is 5.75 Å². The molecule has 2 rings (SSSR count). The quantitative estimate of drug-likeness (QED) is 0.610. The summed E-state index contributed by atoms with van der Waals surface area (Å²) in [7, 11) is 2.86. The second-order valence-corrected chi connectivity index (χ2v) is 7.30. The van der Waals surface area contributed by atoms with Gasteiger partial charge in [-0.25, -0.2) is 9.59 Å². The van der Waals surface area contributed by atoms with E-state index < -0.39 is 23.7 Å². The van der Waals surface area contributed by atoms with Crippen LogP contribution in [0.2, 0.25) is 0 Å². The molecule has 28 heavy (non-hydrogen) atoms. The smallest absolute Gasteiger partial charge is 0.408 e. The minimum atomic E-state index is -0.907. The van der Waals surface area contributed by atoms with Crippen LogP contribution in [0, 0.1) is 12.3 Å². The fraction of sp³-hybridized carbons (Fsp3) is 0.429. The van der Waals surface area contributed by atoms with Gasteiger partial charge in [0.1, 0.15) is 17.4 Å². The fourth-order valence-corrected chi connectivity index (χ4v) is 2.87. The molecule has 1 aromatic carbocycles. The fourth-order valence-electron chi connectivity index (χ4n) is 2.87. The molecule has 0 radical (unpaired) electrons. The summed E-state index contributed by atoms with van der Waals surface area (Å²) in [5.74, 6) is 2.73. The molecular weight excluding hydrogens is 360 g/mol. The number of methoxy groups -OCH3 is 2. The number of carbonyl (C=O) groups excluding carboxylic acids is 2. The lowest BCUT2D eigenvalue weighted by Crippen LogP contribution is -2.45. The summed E-state index contributed by atoms with van der Waals surface area (Å²) >= 11 is 0. The number of alkyl carbamates (subject to hydrolysis) is 1. The first-order valence-corrected chi connectivity index (χ1v) is 8.85. The molecular formula is C21H26N2O5. The Kier molecular flexibility index (Phi) is 6.57. The summed E-state index contributed by atoms with van der Waals surface area (Å²) in [5, 5.41) is 3.47. The second kappa shape index (κ2) is 8.70. The molecule has 0 saturated carbocycles. The highest BCUT2D eigenvalue weighted by Gasteiger charge is 2.26. The Labute approximate surface area is 164 Å². The van der Waals surface area contributed by atoms with E-state index in [-0.39, 0.29) is 6.42 Å². The van der Waals surface area contributed by atoms with Crippen molar-refractivity contribution in [2.75, 3.05) is 14.2 Å². The van der Waals surface area contributed by atoms with E-state index in [2.05, 4.69) is 11.2 Å². The molecule has 1 amide bonds. The number of rotatable bonds is 6. The topological polar surface area (TPSA) is 78.8 Å². The maximum absolute atomic E-state index is 12.3. The normalized spacial score (nSPS) is 12.1. The van der Waals surface area contributed by atoms with Crippen molar-refractivity contribution in [2.24, 2.45) is 0 Å². The lowest BCUT2D eigenvalue weighted by Gasteiger charge is -2.22. The average Bonchev–Trinajstić information content (AvgIpc) is 2.96. The van der Waals surface area contributed by atoms with Crippen LogP contribution >= 0.6 is 0 Å². The third-order valence-electron chi connectivity index (χ3n) is 4.03. The largest absolute Gasteiger partial charge is 0.497 e. The van der Waals surface area contributed by atoms with Gasteiger partial charge in [-0.15, -0.1) is 6.42 Å². The van der Waals surface area contributed by atoms with Crippen LogP contribution in [0.1, 0.15) is 26.3 Å². The Balaban J connectivity index is 2.37. The van der Waals surface area contributed by atoms with Gasteiger partial charge in [0, 0.05) is 23.5 Å². The maximum Gasteiger partial charge on any atom is 0.408 e. The number of hydrogen-bond donors (Lipinski definition) is 1. The number of nitrogens with zero attached hydrogens (tertiary/aromatic N) is 1. The van der Waals surface area contributed by atoms with Crippen LogP contribution in [-0.4, -0.2) is 42.5 Å². The third kappa shape index (κ3) is 5.19. The molecule has 1 heterocycles. The van der Waals surface area contributed by atoms with Gasteiger partial charge in [-0.3, -0.25) is 0 Å². The van der Waals surface area contributed by atoms with Crippen molar-refractivity contribution in [3.8, 4) is 18.1 Å². The molecule has 1 atom stereocenters. The molecule has 7 nitrogen and oxygen atoms in total. The van der Waals surface area contributed by atoms with Crippen LogP contribution in [-0.2, 0) is 27.2 Å². The Morgan fingerprint density at radius 1 is 1.29 bits per heavy atom. The van der Waals surface area contributed by atoms with Gasteiger partial charge in [0.15, 0.2) is 0 Å². The summed E-state index contributed by atoms with van der Waals surface area (Å²) < 4.78 is 17.3. The number of amides is 1. The van der Waals surface area contributed by atoms with Crippen LogP contribution in [0.3, 0.4) is 0 Å². The monoisotopic (exact) mass is 386 g/mol. The molecule has 0 spiro atoms. The van der Waals surface area contributed by atoms with E-state index in [1.54, 1.807) is 27.9 Å². The molecule has 2 aromatic rings. The predicted molar refractivity (Wildman–Crippen MR) is 106 cm³/mol. The summed E-state index contributed by atoms with van der Waals surface area (Å²) in [5.41, 5.74) is 1.06. The molecule has 1 N–H and O–H groups in total. The number of hydrogen-bond acceptors (Lipinski definition) is 5. The molecule has 0 aliphatic heterocycles. The molecule has 150 valence electrons. The standard InChI is InChI=1S/C21H26N2O5/c1-7-10-23-13-14(16-12-15(26-5)8-9-18(16)23)11-17(19(24)27-6)22-20(25)28-21(2,3)4/h1,8-9,12-13,17H,10-11H2,2-6H3,(H,22,25)/t17-/m0/s1. The van der Waals surface area contributed by atoms with Crippen molar-refractivity contribution in [2.45, 2.75) is 45.4 Å². The van der Waals surface area contributed by atoms with Gasteiger partial charge in [0.05, 0.1) is 20.8 Å². The number of nitrogens with one attached hydrogen (secondary N) is 1. The zero-order valence-electron chi connectivity index (χ0n) is 16.9. The van der Waals surface area contributed by atoms with Crippen LogP contribution in [0.4, 0.5) is 4.79 Å². The highest BCUT2D eigenvalue weighted by molar-refractivity contribution is 5.87. The Hall–Kier alpha value is -3.14. The van der Waals surface area contributed by atoms with Crippen molar-refractivity contribution >= 4 is 23.0 Å². The minimum absolute atomic E-state index is 0.215. The summed E-state index contributed by atoms with van der Waals surface area (Å²) in [6.07, 6.45) is 6.87. The van der Waals surface area contributed by atoms with E-state index in [9.17, 15) is 9.59 Å². The number of ether oxygens (including phenoxy) is 3. The highest BCUT2D eigenvalue weighted by Crippen LogP contribution is 2.27. The van der Waals surface area contributed by atoms with Crippen molar-refractivity contribution in [3.05, 3.63) is 30.0 Å². The van der Waals surface area contributed by atoms with Crippen molar-refractivity contribution in [1.82, 2.24) is 9.88 Å². The van der Waals surface area contributed by atoms with Gasteiger partial charge < -0.3 is 24.1 Å². The summed E-state index contributed by atoms with van der Waals surface area (Å²) in [6.45, 7) is 5.63. The van der Waals surface area contributed by atoms with Gasteiger partial charge in [-0.05, 0) is 44.5 Å². The Morgan fingerprint density at radius 2 is 2.00 bits per heavy atom. The first-order chi connectivity index (χ1) is 13.2. The number of fused-ring (bicyclic) bond motifs is 1. The number of aromatic nitrogens is 1. The Bertz CT molecular complexity index is 902. The van der Waals surface area contributed by atoms with Gasteiger partial charge >= 0.3 is 12.1 Å². The summed E-state index contributed by atoms with van der Waals surface area (Å²) in [4.78, 5) is 24.4. The number of benzene rings is 1. The zero-order valence-corrected chi connectivity index (χ0v) is 16.9. The van der Waals surface area contributed by atoms with Gasteiger partial charge in [-0.1, -0.05) is 5.92 Å². The summed E-state index contributed by atoms with van der Waals surface area (Å²) in [6, 6.07) is 4.72. The average molecular weight is 386 g/mol. The van der Waals surface area contributed by atoms with E-state index in [1.807, 2.05) is 29.0 Å². The van der Waals surface area contributed by atoms with Crippen LogP contribution in [0.25, 0.3) is 10.9 Å². The van der Waals surface area contributed by atoms with Crippen molar-refractivity contribution < 1.29 is 23.8 Å². The molecule has 7 heteroatoms.